The zero-order valence-electron chi connectivity index (χ0n) is 6.94. The minimum atomic E-state index is -0.589. The van der Waals surface area contributed by atoms with Crippen molar-refractivity contribution in [1.82, 2.24) is 0 Å². The Balaban J connectivity index is 2.20. The van der Waals surface area contributed by atoms with Gasteiger partial charge in [0, 0.05) is 26.2 Å². The second-order valence-electron chi connectivity index (χ2n) is 2.58. The molecule has 0 aliphatic carbocycles. The number of hydrogen-bond donors (Lipinski definition) is 2. The molecule has 74 valence electrons. The molecule has 0 amide bonds. The number of aliphatic hydroxyl groups is 2. The Labute approximate surface area is 94.1 Å². The van der Waals surface area contributed by atoms with Crippen LogP contribution >= 0.6 is 39.0 Å². The quantitative estimate of drug-likeness (QED) is 0.869. The number of rotatable bonds is 5. The van der Waals surface area contributed by atoms with Gasteiger partial charge in [0.2, 0.25) is 0 Å². The number of thioether (sulfide) groups is 1. The second-order valence-corrected chi connectivity index (χ2v) is 5.52. The molecule has 1 aromatic rings. The van der Waals surface area contributed by atoms with Crippen molar-refractivity contribution in [1.29, 1.82) is 0 Å². The number of thiophene rings is 1. The van der Waals surface area contributed by atoms with Crippen molar-refractivity contribution in [3.05, 3.63) is 20.8 Å². The summed E-state index contributed by atoms with van der Waals surface area (Å²) in [5.74, 6) is 1.49. The minimum Gasteiger partial charge on any atom is -0.394 e. The van der Waals surface area contributed by atoms with Gasteiger partial charge in [-0.05, 0) is 22.0 Å². The van der Waals surface area contributed by atoms with Gasteiger partial charge in [-0.2, -0.15) is 11.8 Å². The van der Waals surface area contributed by atoms with E-state index in [1.165, 1.54) is 4.88 Å². The fourth-order valence-electron chi connectivity index (χ4n) is 0.778. The van der Waals surface area contributed by atoms with E-state index >= 15 is 0 Å². The molecular weight excluding hydrogens is 272 g/mol. The molecule has 0 saturated heterocycles. The van der Waals surface area contributed by atoms with Crippen LogP contribution in [0.15, 0.2) is 15.9 Å². The second kappa shape index (κ2) is 6.03. The third kappa shape index (κ3) is 4.46. The van der Waals surface area contributed by atoms with Crippen LogP contribution in [-0.2, 0) is 5.75 Å². The lowest BCUT2D eigenvalue weighted by molar-refractivity contribution is 0.113. The molecule has 2 nitrogen and oxygen atoms in total. The van der Waals surface area contributed by atoms with Gasteiger partial charge in [-0.3, -0.25) is 0 Å². The minimum absolute atomic E-state index is 0.152. The summed E-state index contributed by atoms with van der Waals surface area (Å²) >= 11 is 6.71. The van der Waals surface area contributed by atoms with Gasteiger partial charge < -0.3 is 10.2 Å². The highest BCUT2D eigenvalue weighted by Crippen LogP contribution is 2.23. The van der Waals surface area contributed by atoms with E-state index < -0.39 is 6.10 Å². The van der Waals surface area contributed by atoms with Crippen molar-refractivity contribution in [2.75, 3.05) is 12.4 Å². The van der Waals surface area contributed by atoms with Crippen LogP contribution in [0.25, 0.3) is 0 Å². The van der Waals surface area contributed by atoms with Crippen molar-refractivity contribution in [2.45, 2.75) is 11.9 Å². The molecule has 0 radical (unpaired) electrons. The lowest BCUT2D eigenvalue weighted by Gasteiger charge is -2.04. The SMILES string of the molecule is OCC(O)CSCc1cc(Br)cs1. The van der Waals surface area contributed by atoms with Gasteiger partial charge in [0.05, 0.1) is 12.7 Å². The molecular formula is C8H11BrO2S2. The Morgan fingerprint density at radius 1 is 1.62 bits per heavy atom. The zero-order valence-corrected chi connectivity index (χ0v) is 10.2. The highest BCUT2D eigenvalue weighted by molar-refractivity contribution is 9.10. The summed E-state index contributed by atoms with van der Waals surface area (Å²) in [4.78, 5) is 1.28. The molecule has 0 bridgehead atoms. The van der Waals surface area contributed by atoms with Gasteiger partial charge in [-0.15, -0.1) is 11.3 Å². The Morgan fingerprint density at radius 3 is 2.92 bits per heavy atom. The van der Waals surface area contributed by atoms with Crippen LogP contribution in [-0.4, -0.2) is 28.7 Å². The van der Waals surface area contributed by atoms with Gasteiger partial charge in [0.25, 0.3) is 0 Å². The summed E-state index contributed by atoms with van der Waals surface area (Å²) in [5.41, 5.74) is 0. The third-order valence-corrected chi connectivity index (χ3v) is 4.40. The average molecular weight is 283 g/mol. The Morgan fingerprint density at radius 2 is 2.38 bits per heavy atom. The van der Waals surface area contributed by atoms with Gasteiger partial charge in [0.15, 0.2) is 0 Å². The lowest BCUT2D eigenvalue weighted by atomic mass is 10.4. The molecule has 0 aromatic carbocycles. The van der Waals surface area contributed by atoms with Crippen molar-refractivity contribution in [3.8, 4) is 0 Å². The predicted molar refractivity (Wildman–Crippen MR) is 61.3 cm³/mol. The Bertz CT molecular complexity index is 252. The Kier molecular flexibility index (Phi) is 5.35. The molecule has 0 aliphatic rings. The Hall–Kier alpha value is 0.450. The van der Waals surface area contributed by atoms with Crippen molar-refractivity contribution >= 4 is 39.0 Å². The van der Waals surface area contributed by atoms with Crippen LogP contribution in [0.5, 0.6) is 0 Å². The summed E-state index contributed by atoms with van der Waals surface area (Å²) in [7, 11) is 0. The molecule has 0 spiro atoms. The molecule has 0 saturated carbocycles. The van der Waals surface area contributed by atoms with Gasteiger partial charge in [0.1, 0.15) is 0 Å². The molecule has 5 heteroatoms. The highest BCUT2D eigenvalue weighted by Gasteiger charge is 2.03. The lowest BCUT2D eigenvalue weighted by Crippen LogP contribution is -2.14. The maximum Gasteiger partial charge on any atom is 0.0861 e. The first-order valence-electron chi connectivity index (χ1n) is 3.82. The molecule has 13 heavy (non-hydrogen) atoms. The highest BCUT2D eigenvalue weighted by atomic mass is 79.9. The van der Waals surface area contributed by atoms with E-state index in [-0.39, 0.29) is 6.61 Å². The van der Waals surface area contributed by atoms with Gasteiger partial charge in [-0.25, -0.2) is 0 Å². The van der Waals surface area contributed by atoms with Crippen LogP contribution in [0.2, 0.25) is 0 Å². The normalized spacial score (nSPS) is 13.2. The third-order valence-electron chi connectivity index (χ3n) is 1.39. The van der Waals surface area contributed by atoms with Gasteiger partial charge in [-0.1, -0.05) is 0 Å². The zero-order chi connectivity index (χ0) is 9.68. The molecule has 1 unspecified atom stereocenters. The topological polar surface area (TPSA) is 40.5 Å². The van der Waals surface area contributed by atoms with Crippen molar-refractivity contribution in [2.24, 2.45) is 0 Å². The molecule has 1 rings (SSSR count). The average Bonchev–Trinajstić information content (AvgIpc) is 2.51. The van der Waals surface area contributed by atoms with Crippen LogP contribution in [0.4, 0.5) is 0 Å². The summed E-state index contributed by atoms with van der Waals surface area (Å²) in [6.45, 7) is -0.152. The molecule has 2 N–H and O–H groups in total. The van der Waals surface area contributed by atoms with E-state index in [9.17, 15) is 0 Å². The number of hydrogen-bond acceptors (Lipinski definition) is 4. The first-order valence-corrected chi connectivity index (χ1v) is 6.64. The fraction of sp³-hybridized carbons (Fsp3) is 0.500. The van der Waals surface area contributed by atoms with Crippen molar-refractivity contribution < 1.29 is 10.2 Å². The standard InChI is InChI=1S/C8H11BrO2S2/c9-6-1-8(13-3-6)5-12-4-7(11)2-10/h1,3,7,10-11H,2,4-5H2. The maximum absolute atomic E-state index is 9.06. The van der Waals surface area contributed by atoms with Gasteiger partial charge >= 0.3 is 0 Å². The predicted octanol–water partition coefficient (Wildman–Crippen LogP) is 2.10. The molecule has 1 heterocycles. The largest absolute Gasteiger partial charge is 0.394 e. The van der Waals surface area contributed by atoms with Crippen LogP contribution < -0.4 is 0 Å². The molecule has 1 aromatic heterocycles. The summed E-state index contributed by atoms with van der Waals surface area (Å²) in [6.07, 6.45) is -0.589. The van der Waals surface area contributed by atoms with E-state index in [2.05, 4.69) is 22.0 Å². The summed E-state index contributed by atoms with van der Waals surface area (Å²) < 4.78 is 1.11. The molecule has 0 fully saturated rings. The number of aliphatic hydroxyl groups excluding tert-OH is 2. The fourth-order valence-corrected chi connectivity index (χ4v) is 3.32. The van der Waals surface area contributed by atoms with Crippen LogP contribution in [0, 0.1) is 0 Å². The smallest absolute Gasteiger partial charge is 0.0861 e. The monoisotopic (exact) mass is 282 g/mol. The molecule has 0 aliphatic heterocycles. The molecule has 1 atom stereocenters. The van der Waals surface area contributed by atoms with E-state index in [1.807, 2.05) is 5.38 Å². The van der Waals surface area contributed by atoms with Crippen LogP contribution in [0.1, 0.15) is 4.88 Å². The van der Waals surface area contributed by atoms with E-state index in [0.29, 0.717) is 5.75 Å². The summed E-state index contributed by atoms with van der Waals surface area (Å²) in [5, 5.41) is 19.7. The van der Waals surface area contributed by atoms with Crippen molar-refractivity contribution in [3.63, 3.8) is 0 Å². The van der Waals surface area contributed by atoms with E-state index in [0.717, 1.165) is 10.2 Å². The van der Waals surface area contributed by atoms with E-state index in [1.54, 1.807) is 23.1 Å². The first kappa shape index (κ1) is 11.5. The maximum atomic E-state index is 9.06. The summed E-state index contributed by atoms with van der Waals surface area (Å²) in [6, 6.07) is 2.07. The number of halogens is 1. The van der Waals surface area contributed by atoms with E-state index in [4.69, 9.17) is 10.2 Å². The van der Waals surface area contributed by atoms with Crippen LogP contribution in [0.3, 0.4) is 0 Å². The first-order chi connectivity index (χ1) is 6.22.